The molecule has 1 amide bonds. The SMILES string of the molecule is Cc1ccc(CNC(=O)CC[C@@H]2CCCN(Cc3nc4ccccc4nc3C)C2)o1. The van der Waals surface area contributed by atoms with Crippen LogP contribution < -0.4 is 5.32 Å². The smallest absolute Gasteiger partial charge is 0.220 e. The average molecular weight is 407 g/mol. The lowest BCUT2D eigenvalue weighted by Gasteiger charge is -2.32. The maximum atomic E-state index is 12.2. The van der Waals surface area contributed by atoms with Gasteiger partial charge in [0.2, 0.25) is 5.91 Å². The molecule has 3 aromatic rings. The number of benzene rings is 1. The molecule has 1 N–H and O–H groups in total. The molecule has 158 valence electrons. The molecule has 6 nitrogen and oxygen atoms in total. The second-order valence-electron chi connectivity index (χ2n) is 8.32. The maximum absolute atomic E-state index is 12.2. The lowest BCUT2D eigenvalue weighted by atomic mass is 9.93. The first-order valence-corrected chi connectivity index (χ1v) is 10.8. The second-order valence-corrected chi connectivity index (χ2v) is 8.32. The molecule has 4 rings (SSSR count). The summed E-state index contributed by atoms with van der Waals surface area (Å²) in [5.41, 5.74) is 3.96. The molecule has 1 atom stereocenters. The summed E-state index contributed by atoms with van der Waals surface area (Å²) in [5, 5.41) is 2.96. The Hall–Kier alpha value is -2.73. The standard InChI is InChI=1S/C24H30N4O2/c1-17-9-11-20(30-17)14-25-24(29)12-10-19-6-5-13-28(15-19)16-23-18(2)26-21-7-3-4-8-22(21)27-23/h3-4,7-9,11,19H,5-6,10,12-16H2,1-2H3,(H,25,29)/t19-/m0/s1. The van der Waals surface area contributed by atoms with Crippen LogP contribution in [0.4, 0.5) is 0 Å². The van der Waals surface area contributed by atoms with Crippen LogP contribution in [0.5, 0.6) is 0 Å². The van der Waals surface area contributed by atoms with Crippen LogP contribution in [-0.2, 0) is 17.9 Å². The normalized spacial score (nSPS) is 17.3. The van der Waals surface area contributed by atoms with Gasteiger partial charge in [0.15, 0.2) is 0 Å². The Morgan fingerprint density at radius 1 is 1.17 bits per heavy atom. The summed E-state index contributed by atoms with van der Waals surface area (Å²) in [6.07, 6.45) is 3.83. The van der Waals surface area contributed by atoms with Crippen molar-refractivity contribution in [2.75, 3.05) is 13.1 Å². The molecule has 0 spiro atoms. The average Bonchev–Trinajstić information content (AvgIpc) is 3.17. The predicted molar refractivity (Wildman–Crippen MR) is 117 cm³/mol. The third-order valence-electron chi connectivity index (χ3n) is 5.85. The van der Waals surface area contributed by atoms with Gasteiger partial charge in [-0.05, 0) is 69.8 Å². The van der Waals surface area contributed by atoms with Gasteiger partial charge >= 0.3 is 0 Å². The number of hydrogen-bond donors (Lipinski definition) is 1. The number of nitrogens with one attached hydrogen (secondary N) is 1. The number of likely N-dealkylation sites (tertiary alicyclic amines) is 1. The Morgan fingerprint density at radius 3 is 2.73 bits per heavy atom. The third-order valence-corrected chi connectivity index (χ3v) is 5.85. The van der Waals surface area contributed by atoms with Crippen LogP contribution >= 0.6 is 0 Å². The summed E-state index contributed by atoms with van der Waals surface area (Å²) in [6.45, 7) is 7.33. The Labute approximate surface area is 177 Å². The van der Waals surface area contributed by atoms with Gasteiger partial charge in [-0.3, -0.25) is 9.69 Å². The minimum Gasteiger partial charge on any atom is -0.465 e. The van der Waals surface area contributed by atoms with E-state index in [0.29, 0.717) is 18.9 Å². The molecule has 1 aromatic carbocycles. The molecule has 0 saturated carbocycles. The van der Waals surface area contributed by atoms with Gasteiger partial charge in [-0.25, -0.2) is 9.97 Å². The van der Waals surface area contributed by atoms with E-state index in [9.17, 15) is 4.79 Å². The molecule has 30 heavy (non-hydrogen) atoms. The quantitative estimate of drug-likeness (QED) is 0.638. The van der Waals surface area contributed by atoms with E-state index in [1.807, 2.05) is 50.2 Å². The summed E-state index contributed by atoms with van der Waals surface area (Å²) in [7, 11) is 0. The number of nitrogens with zero attached hydrogens (tertiary/aromatic N) is 3. The van der Waals surface area contributed by atoms with Crippen LogP contribution in [0.2, 0.25) is 0 Å². The highest BCUT2D eigenvalue weighted by atomic mass is 16.3. The third kappa shape index (κ3) is 5.25. The topological polar surface area (TPSA) is 71.3 Å². The molecule has 2 aromatic heterocycles. The first-order chi connectivity index (χ1) is 14.6. The van der Waals surface area contributed by atoms with Crippen LogP contribution in [0.1, 0.15) is 48.6 Å². The van der Waals surface area contributed by atoms with Gasteiger partial charge < -0.3 is 9.73 Å². The van der Waals surface area contributed by atoms with Crippen molar-refractivity contribution in [3.63, 3.8) is 0 Å². The first-order valence-electron chi connectivity index (χ1n) is 10.8. The van der Waals surface area contributed by atoms with Crippen molar-refractivity contribution in [2.45, 2.75) is 52.6 Å². The van der Waals surface area contributed by atoms with Crippen LogP contribution in [0.3, 0.4) is 0 Å². The van der Waals surface area contributed by atoms with E-state index in [1.54, 1.807) is 0 Å². The number of aromatic nitrogens is 2. The number of aryl methyl sites for hydroxylation is 2. The van der Waals surface area contributed by atoms with Crippen LogP contribution in [0.25, 0.3) is 11.0 Å². The predicted octanol–water partition coefficient (Wildman–Crippen LogP) is 4.15. The van der Waals surface area contributed by atoms with Crippen LogP contribution in [0, 0.1) is 19.8 Å². The highest BCUT2D eigenvalue weighted by Crippen LogP contribution is 2.23. The number of para-hydroxylation sites is 2. The lowest BCUT2D eigenvalue weighted by Crippen LogP contribution is -2.36. The van der Waals surface area contributed by atoms with Crippen molar-refractivity contribution < 1.29 is 9.21 Å². The van der Waals surface area contributed by atoms with Crippen molar-refractivity contribution in [2.24, 2.45) is 5.92 Å². The summed E-state index contributed by atoms with van der Waals surface area (Å²) in [6, 6.07) is 11.9. The molecule has 1 fully saturated rings. The first kappa shape index (κ1) is 20.5. The van der Waals surface area contributed by atoms with Crippen molar-refractivity contribution >= 4 is 16.9 Å². The van der Waals surface area contributed by atoms with Crippen LogP contribution in [-0.4, -0.2) is 33.9 Å². The molecule has 0 radical (unpaired) electrons. The summed E-state index contributed by atoms with van der Waals surface area (Å²) >= 11 is 0. The fourth-order valence-electron chi connectivity index (χ4n) is 4.21. The minimum atomic E-state index is 0.0948. The largest absolute Gasteiger partial charge is 0.465 e. The fourth-order valence-corrected chi connectivity index (χ4v) is 4.21. The Kier molecular flexibility index (Phi) is 6.43. The highest BCUT2D eigenvalue weighted by molar-refractivity contribution is 5.75. The van der Waals surface area contributed by atoms with E-state index < -0.39 is 0 Å². The van der Waals surface area contributed by atoms with Crippen molar-refractivity contribution in [3.05, 3.63) is 59.3 Å². The zero-order chi connectivity index (χ0) is 20.9. The van der Waals surface area contributed by atoms with E-state index in [0.717, 1.165) is 66.4 Å². The molecule has 0 bridgehead atoms. The molecule has 1 saturated heterocycles. The molecule has 1 aliphatic rings. The maximum Gasteiger partial charge on any atom is 0.220 e. The summed E-state index contributed by atoms with van der Waals surface area (Å²) < 4.78 is 5.50. The number of furan rings is 1. The van der Waals surface area contributed by atoms with Crippen molar-refractivity contribution in [1.29, 1.82) is 0 Å². The Morgan fingerprint density at radius 2 is 1.97 bits per heavy atom. The summed E-state index contributed by atoms with van der Waals surface area (Å²) in [4.78, 5) is 24.2. The number of rotatable bonds is 7. The van der Waals surface area contributed by atoms with Gasteiger partial charge in [0.1, 0.15) is 11.5 Å². The molecule has 0 aliphatic carbocycles. The van der Waals surface area contributed by atoms with Gasteiger partial charge in [-0.1, -0.05) is 12.1 Å². The van der Waals surface area contributed by atoms with Crippen LogP contribution in [0.15, 0.2) is 40.8 Å². The number of carbonyl (C=O) groups excluding carboxylic acids is 1. The lowest BCUT2D eigenvalue weighted by molar-refractivity contribution is -0.121. The van der Waals surface area contributed by atoms with E-state index in [4.69, 9.17) is 14.4 Å². The molecule has 0 unspecified atom stereocenters. The molecule has 1 aliphatic heterocycles. The second kappa shape index (κ2) is 9.39. The minimum absolute atomic E-state index is 0.0948. The molecule has 3 heterocycles. The number of amides is 1. The van der Waals surface area contributed by atoms with Gasteiger partial charge in [0.05, 0.1) is 29.0 Å². The fraction of sp³-hybridized carbons (Fsp3) is 0.458. The summed E-state index contributed by atoms with van der Waals surface area (Å²) in [5.74, 6) is 2.31. The number of carbonyl (C=O) groups is 1. The van der Waals surface area contributed by atoms with Crippen molar-refractivity contribution in [1.82, 2.24) is 20.2 Å². The highest BCUT2D eigenvalue weighted by Gasteiger charge is 2.22. The van der Waals surface area contributed by atoms with Crippen molar-refractivity contribution in [3.8, 4) is 0 Å². The number of piperidine rings is 1. The number of hydrogen-bond acceptors (Lipinski definition) is 5. The van der Waals surface area contributed by atoms with Gasteiger partial charge in [0.25, 0.3) is 0 Å². The van der Waals surface area contributed by atoms with E-state index in [-0.39, 0.29) is 5.91 Å². The molecular formula is C24H30N4O2. The zero-order valence-electron chi connectivity index (χ0n) is 17.9. The van der Waals surface area contributed by atoms with E-state index >= 15 is 0 Å². The zero-order valence-corrected chi connectivity index (χ0v) is 17.9. The number of fused-ring (bicyclic) bond motifs is 1. The molecular weight excluding hydrogens is 376 g/mol. The Bertz CT molecular complexity index is 1010. The van der Waals surface area contributed by atoms with Gasteiger partial charge in [-0.15, -0.1) is 0 Å². The Balaban J connectivity index is 1.27. The van der Waals surface area contributed by atoms with E-state index in [1.165, 1.54) is 6.42 Å². The van der Waals surface area contributed by atoms with E-state index in [2.05, 4.69) is 10.2 Å². The monoisotopic (exact) mass is 406 g/mol. The molecule has 6 heteroatoms. The van der Waals surface area contributed by atoms with Gasteiger partial charge in [0, 0.05) is 19.5 Å². The van der Waals surface area contributed by atoms with Gasteiger partial charge in [-0.2, -0.15) is 0 Å².